The zero-order valence-corrected chi connectivity index (χ0v) is 12.6. The molecule has 1 aromatic rings. The Morgan fingerprint density at radius 3 is 2.75 bits per heavy atom. The first-order valence-electron chi connectivity index (χ1n) is 6.60. The Balaban J connectivity index is 2.57. The Morgan fingerprint density at radius 1 is 1.45 bits per heavy atom. The molecule has 0 amide bonds. The number of nitrogens with zero attached hydrogens (tertiary/aromatic N) is 1. The molecule has 0 aliphatic carbocycles. The smallest absolute Gasteiger partial charge is 0.269 e. The van der Waals surface area contributed by atoms with Gasteiger partial charge in [0, 0.05) is 36.9 Å². The van der Waals surface area contributed by atoms with E-state index in [1.54, 1.807) is 6.07 Å². The van der Waals surface area contributed by atoms with Gasteiger partial charge in [-0.15, -0.1) is 0 Å². The average Bonchev–Trinajstić information content (AvgIpc) is 2.38. The van der Waals surface area contributed by atoms with Crippen LogP contribution < -0.4 is 5.32 Å². The molecule has 0 spiro atoms. The van der Waals surface area contributed by atoms with E-state index in [-0.39, 0.29) is 17.7 Å². The second-order valence-electron chi connectivity index (χ2n) is 5.63. The van der Waals surface area contributed by atoms with Crippen molar-refractivity contribution in [3.8, 4) is 0 Å². The highest BCUT2D eigenvalue weighted by atomic mass is 35.5. The van der Waals surface area contributed by atoms with E-state index in [2.05, 4.69) is 19.2 Å². The number of benzene rings is 1. The van der Waals surface area contributed by atoms with Gasteiger partial charge in [-0.25, -0.2) is 0 Å². The summed E-state index contributed by atoms with van der Waals surface area (Å²) < 4.78 is 0. The minimum atomic E-state index is -0.426. The molecule has 2 N–H and O–H groups in total. The Labute approximate surface area is 124 Å². The molecule has 0 atom stereocenters. The van der Waals surface area contributed by atoms with Gasteiger partial charge in [-0.2, -0.15) is 0 Å². The number of nitro benzene ring substituents is 1. The number of nitrogens with one attached hydrogen (secondary N) is 1. The molecule has 20 heavy (non-hydrogen) atoms. The van der Waals surface area contributed by atoms with Gasteiger partial charge >= 0.3 is 0 Å². The number of aliphatic hydroxyl groups excluding tert-OH is 1. The Hall–Kier alpha value is -1.17. The van der Waals surface area contributed by atoms with Crippen LogP contribution in [0.4, 0.5) is 5.69 Å². The number of aliphatic hydroxyl groups is 1. The molecule has 0 radical (unpaired) electrons. The van der Waals surface area contributed by atoms with Crippen molar-refractivity contribution in [3.63, 3.8) is 0 Å². The highest BCUT2D eigenvalue weighted by molar-refractivity contribution is 6.31. The van der Waals surface area contributed by atoms with Gasteiger partial charge in [0.1, 0.15) is 0 Å². The SMILES string of the molecule is CC(C)(CCCO)CNCc1cc([N+](=O)[O-])ccc1Cl. The first-order valence-corrected chi connectivity index (χ1v) is 6.98. The second-order valence-corrected chi connectivity index (χ2v) is 6.03. The van der Waals surface area contributed by atoms with Crippen LogP contribution in [0.5, 0.6) is 0 Å². The number of hydrogen-bond donors (Lipinski definition) is 2. The summed E-state index contributed by atoms with van der Waals surface area (Å²) in [6.45, 7) is 5.67. The molecule has 5 nitrogen and oxygen atoms in total. The van der Waals surface area contributed by atoms with Crippen LogP contribution in [0.15, 0.2) is 18.2 Å². The van der Waals surface area contributed by atoms with Crippen LogP contribution >= 0.6 is 11.6 Å². The highest BCUT2D eigenvalue weighted by Gasteiger charge is 2.17. The standard InChI is InChI=1S/C14H21ClN2O3/c1-14(2,6-3-7-18)10-16-9-11-8-12(17(19)20)4-5-13(11)15/h4-5,8,16,18H,3,6-7,9-10H2,1-2H3. The molecule has 0 aliphatic heterocycles. The second kappa shape index (κ2) is 7.57. The predicted molar refractivity (Wildman–Crippen MR) is 79.9 cm³/mol. The minimum absolute atomic E-state index is 0.0470. The van der Waals surface area contributed by atoms with E-state index < -0.39 is 4.92 Å². The van der Waals surface area contributed by atoms with Gasteiger partial charge < -0.3 is 10.4 Å². The molecule has 0 saturated heterocycles. The van der Waals surface area contributed by atoms with Crippen molar-refractivity contribution in [2.45, 2.75) is 33.2 Å². The molecular weight excluding hydrogens is 280 g/mol. The van der Waals surface area contributed by atoms with Crippen LogP contribution in [0.3, 0.4) is 0 Å². The number of nitro groups is 1. The van der Waals surface area contributed by atoms with Gasteiger partial charge in [0.05, 0.1) is 4.92 Å². The van der Waals surface area contributed by atoms with E-state index in [9.17, 15) is 10.1 Å². The lowest BCUT2D eigenvalue weighted by molar-refractivity contribution is -0.384. The maximum absolute atomic E-state index is 10.7. The summed E-state index contributed by atoms with van der Waals surface area (Å²) in [6, 6.07) is 4.45. The Kier molecular flexibility index (Phi) is 6.39. The van der Waals surface area contributed by atoms with Gasteiger partial charge in [0.15, 0.2) is 0 Å². The van der Waals surface area contributed by atoms with Crippen LogP contribution in [0.2, 0.25) is 5.02 Å². The van der Waals surface area contributed by atoms with Gasteiger partial charge in [-0.3, -0.25) is 10.1 Å². The van der Waals surface area contributed by atoms with Crippen LogP contribution in [-0.2, 0) is 6.54 Å². The predicted octanol–water partition coefficient (Wildman–Crippen LogP) is 3.14. The third-order valence-corrected chi connectivity index (χ3v) is 3.54. The van der Waals surface area contributed by atoms with Gasteiger partial charge in [-0.1, -0.05) is 25.4 Å². The summed E-state index contributed by atoms with van der Waals surface area (Å²) in [7, 11) is 0. The normalized spacial score (nSPS) is 11.6. The topological polar surface area (TPSA) is 75.4 Å². The zero-order chi connectivity index (χ0) is 15.2. The third kappa shape index (κ3) is 5.45. The van der Waals surface area contributed by atoms with E-state index in [0.717, 1.165) is 24.9 Å². The number of non-ortho nitro benzene ring substituents is 1. The summed E-state index contributed by atoms with van der Waals surface area (Å²) in [5.74, 6) is 0. The van der Waals surface area contributed by atoms with Crippen molar-refractivity contribution in [2.24, 2.45) is 5.41 Å². The molecule has 0 saturated carbocycles. The van der Waals surface area contributed by atoms with Crippen molar-refractivity contribution in [3.05, 3.63) is 38.9 Å². The molecule has 1 rings (SSSR count). The maximum Gasteiger partial charge on any atom is 0.269 e. The van der Waals surface area contributed by atoms with E-state index in [0.29, 0.717) is 11.6 Å². The lowest BCUT2D eigenvalue weighted by Gasteiger charge is -2.24. The van der Waals surface area contributed by atoms with Crippen molar-refractivity contribution in [1.82, 2.24) is 5.32 Å². The summed E-state index contributed by atoms with van der Waals surface area (Å²) in [5, 5.41) is 23.4. The van der Waals surface area contributed by atoms with Crippen LogP contribution in [0, 0.1) is 15.5 Å². The fourth-order valence-corrected chi connectivity index (χ4v) is 2.18. The molecule has 0 unspecified atom stereocenters. The number of halogens is 1. The van der Waals surface area contributed by atoms with Gasteiger partial charge in [0.25, 0.3) is 5.69 Å². The molecule has 0 fully saturated rings. The van der Waals surface area contributed by atoms with Crippen molar-refractivity contribution in [1.29, 1.82) is 0 Å². The molecule has 6 heteroatoms. The zero-order valence-electron chi connectivity index (χ0n) is 11.9. The van der Waals surface area contributed by atoms with Gasteiger partial charge in [0.2, 0.25) is 0 Å². The largest absolute Gasteiger partial charge is 0.396 e. The molecule has 0 aliphatic rings. The lowest BCUT2D eigenvalue weighted by atomic mass is 9.88. The third-order valence-electron chi connectivity index (χ3n) is 3.17. The minimum Gasteiger partial charge on any atom is -0.396 e. The molecule has 1 aromatic carbocycles. The van der Waals surface area contributed by atoms with Gasteiger partial charge in [-0.05, 0) is 29.9 Å². The van der Waals surface area contributed by atoms with E-state index in [4.69, 9.17) is 16.7 Å². The summed E-state index contributed by atoms with van der Waals surface area (Å²) >= 11 is 6.04. The van der Waals surface area contributed by atoms with Crippen molar-refractivity contribution in [2.75, 3.05) is 13.2 Å². The first-order chi connectivity index (χ1) is 9.35. The molecular formula is C14H21ClN2O3. The Bertz CT molecular complexity index is 464. The quantitative estimate of drug-likeness (QED) is 0.571. The van der Waals surface area contributed by atoms with Crippen LogP contribution in [0.25, 0.3) is 0 Å². The highest BCUT2D eigenvalue weighted by Crippen LogP contribution is 2.23. The van der Waals surface area contributed by atoms with E-state index in [1.165, 1.54) is 12.1 Å². The molecule has 0 heterocycles. The number of hydrogen-bond acceptors (Lipinski definition) is 4. The molecule has 112 valence electrons. The maximum atomic E-state index is 10.7. The monoisotopic (exact) mass is 300 g/mol. The molecule has 0 aromatic heterocycles. The summed E-state index contributed by atoms with van der Waals surface area (Å²) in [6.07, 6.45) is 1.69. The fraction of sp³-hybridized carbons (Fsp3) is 0.571. The van der Waals surface area contributed by atoms with E-state index in [1.807, 2.05) is 0 Å². The summed E-state index contributed by atoms with van der Waals surface area (Å²) in [4.78, 5) is 10.3. The van der Waals surface area contributed by atoms with Crippen molar-refractivity contribution >= 4 is 17.3 Å². The average molecular weight is 301 g/mol. The lowest BCUT2D eigenvalue weighted by Crippen LogP contribution is -2.29. The first kappa shape index (κ1) is 16.9. The van der Waals surface area contributed by atoms with Crippen molar-refractivity contribution < 1.29 is 10.0 Å². The Morgan fingerprint density at radius 2 is 2.15 bits per heavy atom. The molecule has 0 bridgehead atoms. The summed E-state index contributed by atoms with van der Waals surface area (Å²) in [5.41, 5.74) is 0.834. The van der Waals surface area contributed by atoms with Crippen LogP contribution in [-0.4, -0.2) is 23.2 Å². The van der Waals surface area contributed by atoms with Crippen LogP contribution in [0.1, 0.15) is 32.3 Å². The fourth-order valence-electron chi connectivity index (χ4n) is 1.99. The number of rotatable bonds is 8. The van der Waals surface area contributed by atoms with E-state index >= 15 is 0 Å².